The van der Waals surface area contributed by atoms with Crippen LogP contribution in [0.25, 0.3) is 33.1 Å². The Kier molecular flexibility index (Phi) is 5.16. The van der Waals surface area contributed by atoms with Crippen molar-refractivity contribution in [1.29, 1.82) is 0 Å². The van der Waals surface area contributed by atoms with E-state index in [2.05, 4.69) is 15.1 Å². The number of pyridine rings is 1. The molecular weight excluding hydrogens is 430 g/mol. The van der Waals surface area contributed by atoms with E-state index in [-0.39, 0.29) is 12.3 Å². The van der Waals surface area contributed by atoms with Crippen LogP contribution in [0, 0.1) is 6.92 Å². The molecule has 160 valence electrons. The zero-order valence-corrected chi connectivity index (χ0v) is 18.0. The van der Waals surface area contributed by atoms with E-state index < -0.39 is 5.97 Å². The van der Waals surface area contributed by atoms with Gasteiger partial charge >= 0.3 is 5.97 Å². The molecule has 0 N–H and O–H groups in total. The lowest BCUT2D eigenvalue weighted by atomic mass is 10.1. The van der Waals surface area contributed by atoms with Crippen LogP contribution in [0.4, 0.5) is 0 Å². The lowest BCUT2D eigenvalue weighted by Crippen LogP contribution is -2.07. The van der Waals surface area contributed by atoms with Gasteiger partial charge in [-0.3, -0.25) is 0 Å². The molecule has 4 aromatic heterocycles. The molecule has 8 nitrogen and oxygen atoms in total. The van der Waals surface area contributed by atoms with Crippen molar-refractivity contribution in [3.8, 4) is 27.8 Å². The van der Waals surface area contributed by atoms with Gasteiger partial charge in [-0.2, -0.15) is 0 Å². The Hall–Kier alpha value is -3.98. The molecule has 0 saturated heterocycles. The van der Waals surface area contributed by atoms with Crippen LogP contribution >= 0.6 is 11.3 Å². The highest BCUT2D eigenvalue weighted by atomic mass is 32.1. The van der Waals surface area contributed by atoms with E-state index in [0.717, 1.165) is 16.3 Å². The Balaban J connectivity index is 1.37. The van der Waals surface area contributed by atoms with E-state index in [4.69, 9.17) is 18.4 Å². The molecule has 0 aliphatic carbocycles. The summed E-state index contributed by atoms with van der Waals surface area (Å²) in [6, 6.07) is 12.7. The molecular formula is C23H17N3O5S. The quantitative estimate of drug-likeness (QED) is 0.324. The minimum Gasteiger partial charge on any atom is -0.497 e. The number of rotatable bonds is 6. The first-order chi connectivity index (χ1) is 15.6. The van der Waals surface area contributed by atoms with E-state index in [1.54, 1.807) is 32.2 Å². The zero-order valence-electron chi connectivity index (χ0n) is 17.2. The fourth-order valence-electron chi connectivity index (χ4n) is 3.26. The third kappa shape index (κ3) is 3.74. The summed E-state index contributed by atoms with van der Waals surface area (Å²) in [6.07, 6.45) is 1.54. The molecule has 0 aliphatic heterocycles. The first-order valence-corrected chi connectivity index (χ1v) is 10.6. The topological polar surface area (TPSA) is 100 Å². The second-order valence-electron chi connectivity index (χ2n) is 6.93. The maximum atomic E-state index is 13.0. The van der Waals surface area contributed by atoms with E-state index in [1.165, 1.54) is 17.6 Å². The standard InChI is InChI=1S/C23H17N3O5S/c1-13-20-17(10-18(19-4-3-9-29-19)25-21(20)31-26-13)23(27)30-11-15-12-32-22(24-15)14-5-7-16(28-2)8-6-14/h3-10,12H,11H2,1-2H3. The van der Waals surface area contributed by atoms with E-state index in [9.17, 15) is 4.79 Å². The fraction of sp³-hybridized carbons (Fsp3) is 0.130. The van der Waals surface area contributed by atoms with Gasteiger partial charge in [-0.15, -0.1) is 11.3 Å². The van der Waals surface area contributed by atoms with Gasteiger partial charge in [0.1, 0.15) is 23.1 Å². The molecule has 0 spiro atoms. The predicted molar refractivity (Wildman–Crippen MR) is 117 cm³/mol. The van der Waals surface area contributed by atoms with Crippen molar-refractivity contribution in [3.63, 3.8) is 0 Å². The summed E-state index contributed by atoms with van der Waals surface area (Å²) in [4.78, 5) is 21.9. The molecule has 0 bridgehead atoms. The molecule has 0 atom stereocenters. The van der Waals surface area contributed by atoms with Crippen molar-refractivity contribution < 1.29 is 23.2 Å². The Morgan fingerprint density at radius 1 is 1.16 bits per heavy atom. The number of nitrogens with zero attached hydrogens (tertiary/aromatic N) is 3. The molecule has 0 aliphatic rings. The first-order valence-electron chi connectivity index (χ1n) is 9.69. The number of aryl methyl sites for hydroxylation is 1. The van der Waals surface area contributed by atoms with E-state index >= 15 is 0 Å². The molecule has 5 rings (SSSR count). The minimum absolute atomic E-state index is 0.0374. The smallest absolute Gasteiger partial charge is 0.339 e. The SMILES string of the molecule is COc1ccc(-c2nc(COC(=O)c3cc(-c4ccco4)nc4onc(C)c34)cs2)cc1. The van der Waals surface area contributed by atoms with Crippen LogP contribution in [0.5, 0.6) is 5.75 Å². The lowest BCUT2D eigenvalue weighted by Gasteiger charge is -2.06. The average Bonchev–Trinajstić information content (AvgIpc) is 3.59. The number of thiazole rings is 1. The van der Waals surface area contributed by atoms with Crippen molar-refractivity contribution in [2.24, 2.45) is 0 Å². The Labute approximate surface area is 186 Å². The van der Waals surface area contributed by atoms with Gasteiger partial charge in [-0.25, -0.2) is 14.8 Å². The second-order valence-corrected chi connectivity index (χ2v) is 7.79. The highest BCUT2D eigenvalue weighted by molar-refractivity contribution is 7.13. The predicted octanol–water partition coefficient (Wildman–Crippen LogP) is 5.28. The average molecular weight is 447 g/mol. The summed E-state index contributed by atoms with van der Waals surface area (Å²) in [5, 5.41) is 7.15. The van der Waals surface area contributed by atoms with Crippen LogP contribution in [0.15, 0.2) is 63.0 Å². The number of hydrogen-bond donors (Lipinski definition) is 0. The van der Waals surface area contributed by atoms with Crippen molar-refractivity contribution >= 4 is 28.4 Å². The number of carbonyl (C=O) groups is 1. The summed E-state index contributed by atoms with van der Waals surface area (Å²) < 4.78 is 21.4. The number of esters is 1. The summed E-state index contributed by atoms with van der Waals surface area (Å²) in [5.41, 5.74) is 3.20. The fourth-order valence-corrected chi connectivity index (χ4v) is 4.07. The molecule has 5 aromatic rings. The molecule has 4 heterocycles. The highest BCUT2D eigenvalue weighted by Crippen LogP contribution is 2.29. The van der Waals surface area contributed by atoms with Gasteiger partial charge in [0.15, 0.2) is 5.76 Å². The number of ether oxygens (including phenoxy) is 2. The molecule has 0 amide bonds. The summed E-state index contributed by atoms with van der Waals surface area (Å²) in [5.74, 6) is 0.773. The summed E-state index contributed by atoms with van der Waals surface area (Å²) in [6.45, 7) is 1.79. The van der Waals surface area contributed by atoms with Gasteiger partial charge in [0.25, 0.3) is 5.71 Å². The van der Waals surface area contributed by atoms with Gasteiger partial charge in [0.2, 0.25) is 0 Å². The Morgan fingerprint density at radius 3 is 2.75 bits per heavy atom. The molecule has 32 heavy (non-hydrogen) atoms. The molecule has 0 radical (unpaired) electrons. The lowest BCUT2D eigenvalue weighted by molar-refractivity contribution is 0.0470. The summed E-state index contributed by atoms with van der Waals surface area (Å²) in [7, 11) is 1.63. The van der Waals surface area contributed by atoms with Crippen LogP contribution in [-0.2, 0) is 11.3 Å². The number of aromatic nitrogens is 3. The number of benzene rings is 1. The Morgan fingerprint density at radius 2 is 2.00 bits per heavy atom. The largest absolute Gasteiger partial charge is 0.497 e. The van der Waals surface area contributed by atoms with Crippen LogP contribution in [-0.4, -0.2) is 28.2 Å². The van der Waals surface area contributed by atoms with E-state index in [1.807, 2.05) is 29.6 Å². The van der Waals surface area contributed by atoms with Crippen LogP contribution in [0.3, 0.4) is 0 Å². The van der Waals surface area contributed by atoms with Crippen LogP contribution < -0.4 is 4.74 Å². The van der Waals surface area contributed by atoms with Gasteiger partial charge in [-0.1, -0.05) is 5.16 Å². The van der Waals surface area contributed by atoms with Crippen molar-refractivity contribution in [3.05, 3.63) is 71.1 Å². The molecule has 1 aromatic carbocycles. The second kappa shape index (κ2) is 8.27. The number of furan rings is 1. The van der Waals surface area contributed by atoms with Gasteiger partial charge in [0.05, 0.1) is 35.7 Å². The van der Waals surface area contributed by atoms with Crippen molar-refractivity contribution in [2.75, 3.05) is 7.11 Å². The van der Waals surface area contributed by atoms with E-state index in [0.29, 0.717) is 33.8 Å². The van der Waals surface area contributed by atoms with Crippen LogP contribution in [0.1, 0.15) is 21.7 Å². The molecule has 9 heteroatoms. The highest BCUT2D eigenvalue weighted by Gasteiger charge is 2.21. The molecule has 0 fully saturated rings. The number of fused-ring (bicyclic) bond motifs is 1. The van der Waals surface area contributed by atoms with Crippen molar-refractivity contribution in [2.45, 2.75) is 13.5 Å². The Bertz CT molecular complexity index is 1390. The number of methoxy groups -OCH3 is 1. The first kappa shape index (κ1) is 20.0. The maximum Gasteiger partial charge on any atom is 0.339 e. The molecule has 0 saturated carbocycles. The third-order valence-corrected chi connectivity index (χ3v) is 5.79. The monoisotopic (exact) mass is 447 g/mol. The van der Waals surface area contributed by atoms with Crippen LogP contribution in [0.2, 0.25) is 0 Å². The van der Waals surface area contributed by atoms with Gasteiger partial charge < -0.3 is 18.4 Å². The number of carbonyl (C=O) groups excluding carboxylic acids is 1. The van der Waals surface area contributed by atoms with Gasteiger partial charge in [0, 0.05) is 10.9 Å². The normalized spacial score (nSPS) is 11.1. The number of hydrogen-bond acceptors (Lipinski definition) is 9. The maximum absolute atomic E-state index is 13.0. The third-order valence-electron chi connectivity index (χ3n) is 4.85. The van der Waals surface area contributed by atoms with Crippen molar-refractivity contribution in [1.82, 2.24) is 15.1 Å². The zero-order chi connectivity index (χ0) is 22.1. The molecule has 0 unspecified atom stereocenters. The minimum atomic E-state index is -0.518. The summed E-state index contributed by atoms with van der Waals surface area (Å²) >= 11 is 1.48. The van der Waals surface area contributed by atoms with Gasteiger partial charge in [-0.05, 0) is 49.4 Å².